The summed E-state index contributed by atoms with van der Waals surface area (Å²) >= 11 is 0. The van der Waals surface area contributed by atoms with E-state index in [1.165, 1.54) is 30.3 Å². The van der Waals surface area contributed by atoms with Crippen molar-refractivity contribution in [1.29, 1.82) is 0 Å². The normalized spacial score (nSPS) is 12.4. The molecule has 0 unspecified atom stereocenters. The molecule has 0 saturated carbocycles. The molecular weight excluding hydrogens is 362 g/mol. The number of fused-ring (bicyclic) bond motifs is 1. The molecule has 0 saturated heterocycles. The molecule has 0 aliphatic heterocycles. The lowest BCUT2D eigenvalue weighted by molar-refractivity contribution is 0.481. The van der Waals surface area contributed by atoms with E-state index in [1.807, 2.05) is 0 Å². The summed E-state index contributed by atoms with van der Waals surface area (Å²) < 4.78 is 59.6. The quantitative estimate of drug-likeness (QED) is 0.536. The number of sulfone groups is 1. The van der Waals surface area contributed by atoms with E-state index < -0.39 is 29.7 Å². The van der Waals surface area contributed by atoms with Crippen LogP contribution in [0.3, 0.4) is 0 Å². The van der Waals surface area contributed by atoms with Gasteiger partial charge in [0.05, 0.1) is 15.5 Å². The van der Waals surface area contributed by atoms with Gasteiger partial charge in [0.1, 0.15) is 4.90 Å². The van der Waals surface area contributed by atoms with Crippen molar-refractivity contribution in [3.8, 4) is 0 Å². The van der Waals surface area contributed by atoms with Crippen LogP contribution in [0.1, 0.15) is 5.56 Å². The van der Waals surface area contributed by atoms with Gasteiger partial charge >= 0.3 is 0 Å². The summed E-state index contributed by atoms with van der Waals surface area (Å²) in [6.07, 6.45) is 0. The molecule has 6 nitrogen and oxygen atoms in total. The maximum absolute atomic E-state index is 13.0. The minimum absolute atomic E-state index is 0.00875. The van der Waals surface area contributed by atoms with Crippen molar-refractivity contribution in [3.05, 3.63) is 60.2 Å². The van der Waals surface area contributed by atoms with E-state index >= 15 is 0 Å². The first kappa shape index (κ1) is 17.4. The van der Waals surface area contributed by atoms with E-state index in [-0.39, 0.29) is 16.0 Å². The number of rotatable bonds is 3. The van der Waals surface area contributed by atoms with Crippen molar-refractivity contribution >= 4 is 36.4 Å². The Morgan fingerprint density at radius 1 is 0.880 bits per heavy atom. The molecule has 3 aromatic carbocycles. The predicted molar refractivity (Wildman–Crippen MR) is 94.8 cm³/mol. The van der Waals surface area contributed by atoms with E-state index in [1.54, 1.807) is 31.2 Å². The Morgan fingerprint density at radius 2 is 1.52 bits per heavy atom. The molecule has 0 amide bonds. The van der Waals surface area contributed by atoms with Crippen molar-refractivity contribution in [2.75, 3.05) is 5.73 Å². The third-order valence-corrected chi connectivity index (χ3v) is 6.80. The van der Waals surface area contributed by atoms with Crippen LogP contribution in [0.2, 0.25) is 0 Å². The van der Waals surface area contributed by atoms with Crippen LogP contribution in [0, 0.1) is 6.92 Å². The molecule has 8 heteroatoms. The molecule has 0 heterocycles. The van der Waals surface area contributed by atoms with Crippen LogP contribution in [0.4, 0.5) is 5.69 Å². The zero-order chi connectivity index (χ0) is 18.4. The van der Waals surface area contributed by atoms with E-state index in [4.69, 9.17) is 5.73 Å². The summed E-state index contributed by atoms with van der Waals surface area (Å²) in [7, 11) is -9.05. The van der Waals surface area contributed by atoms with Gasteiger partial charge in [0.25, 0.3) is 10.1 Å². The van der Waals surface area contributed by atoms with Gasteiger partial charge in [-0.05, 0) is 36.1 Å². The summed E-state index contributed by atoms with van der Waals surface area (Å²) in [4.78, 5) is -1.37. The third kappa shape index (κ3) is 2.99. The number of nitrogens with two attached hydrogens (primary N) is 1. The molecule has 0 atom stereocenters. The molecule has 0 aliphatic rings. The van der Waals surface area contributed by atoms with Crippen LogP contribution < -0.4 is 5.73 Å². The van der Waals surface area contributed by atoms with Gasteiger partial charge in [-0.25, -0.2) is 8.42 Å². The molecule has 25 heavy (non-hydrogen) atoms. The first-order valence-corrected chi connectivity index (χ1v) is 10.1. The molecule has 3 aromatic rings. The number of hydrogen-bond donors (Lipinski definition) is 2. The molecule has 0 spiro atoms. The summed E-state index contributed by atoms with van der Waals surface area (Å²) in [5.74, 6) is 0. The zero-order valence-corrected chi connectivity index (χ0v) is 14.8. The second kappa shape index (κ2) is 5.83. The fraction of sp³-hybridized carbons (Fsp3) is 0.0588. The average molecular weight is 377 g/mol. The third-order valence-electron chi connectivity index (χ3n) is 3.85. The predicted octanol–water partition coefficient (Wildman–Crippen LogP) is 2.81. The molecule has 3 rings (SSSR count). The zero-order valence-electron chi connectivity index (χ0n) is 13.2. The molecule has 0 bridgehead atoms. The number of anilines is 1. The smallest absolute Gasteiger partial charge is 0.296 e. The van der Waals surface area contributed by atoms with Crippen LogP contribution in [0.25, 0.3) is 10.8 Å². The van der Waals surface area contributed by atoms with Crippen LogP contribution in [-0.2, 0) is 20.0 Å². The Bertz CT molecular complexity index is 1200. The number of benzene rings is 3. The van der Waals surface area contributed by atoms with Crippen molar-refractivity contribution in [1.82, 2.24) is 0 Å². The maximum atomic E-state index is 13.0. The highest BCUT2D eigenvalue weighted by atomic mass is 32.2. The van der Waals surface area contributed by atoms with E-state index in [0.717, 1.165) is 5.56 Å². The van der Waals surface area contributed by atoms with Gasteiger partial charge in [-0.1, -0.05) is 36.4 Å². The SMILES string of the molecule is Cc1ccc(S(=O)(=O)c2ccc3ccccc3c2S(=O)(=O)O)c(N)c1. The van der Waals surface area contributed by atoms with Crippen molar-refractivity contribution in [2.45, 2.75) is 21.6 Å². The van der Waals surface area contributed by atoms with Gasteiger partial charge in [-0.3, -0.25) is 4.55 Å². The number of aryl methyl sites for hydroxylation is 1. The van der Waals surface area contributed by atoms with Gasteiger partial charge < -0.3 is 5.73 Å². The maximum Gasteiger partial charge on any atom is 0.296 e. The van der Waals surface area contributed by atoms with Crippen molar-refractivity contribution in [3.63, 3.8) is 0 Å². The first-order chi connectivity index (χ1) is 11.6. The Balaban J connectivity index is 2.43. The topological polar surface area (TPSA) is 115 Å². The van der Waals surface area contributed by atoms with E-state index in [0.29, 0.717) is 5.39 Å². The second-order valence-corrected chi connectivity index (χ2v) is 8.88. The van der Waals surface area contributed by atoms with Crippen LogP contribution in [0.15, 0.2) is 69.3 Å². The summed E-state index contributed by atoms with van der Waals surface area (Å²) in [5.41, 5.74) is 6.60. The number of hydrogen-bond acceptors (Lipinski definition) is 5. The number of nitrogen functional groups attached to an aromatic ring is 1. The monoisotopic (exact) mass is 377 g/mol. The summed E-state index contributed by atoms with van der Waals surface area (Å²) in [6, 6.07) is 13.3. The molecule has 3 N–H and O–H groups in total. The highest BCUT2D eigenvalue weighted by Gasteiger charge is 2.30. The summed E-state index contributed by atoms with van der Waals surface area (Å²) in [6.45, 7) is 1.76. The van der Waals surface area contributed by atoms with Crippen LogP contribution >= 0.6 is 0 Å². The molecular formula is C17H15NO5S2. The lowest BCUT2D eigenvalue weighted by Gasteiger charge is -2.13. The summed E-state index contributed by atoms with van der Waals surface area (Å²) in [5, 5.41) is 0.614. The first-order valence-electron chi connectivity index (χ1n) is 7.23. The molecule has 0 radical (unpaired) electrons. The lowest BCUT2D eigenvalue weighted by Crippen LogP contribution is -2.12. The Kier molecular flexibility index (Phi) is 4.06. The highest BCUT2D eigenvalue weighted by molar-refractivity contribution is 7.93. The fourth-order valence-corrected chi connectivity index (χ4v) is 5.62. The molecule has 130 valence electrons. The van der Waals surface area contributed by atoms with Gasteiger partial charge in [-0.15, -0.1) is 0 Å². The molecule has 0 aliphatic carbocycles. The highest BCUT2D eigenvalue weighted by Crippen LogP contribution is 2.35. The van der Waals surface area contributed by atoms with Gasteiger partial charge in [-0.2, -0.15) is 8.42 Å². The minimum Gasteiger partial charge on any atom is -0.398 e. The lowest BCUT2D eigenvalue weighted by atomic mass is 10.1. The Hall–Kier alpha value is -2.42. The largest absolute Gasteiger partial charge is 0.398 e. The average Bonchev–Trinajstić information content (AvgIpc) is 2.52. The Morgan fingerprint density at radius 3 is 2.16 bits per heavy atom. The van der Waals surface area contributed by atoms with Gasteiger partial charge in [0.15, 0.2) is 0 Å². The van der Waals surface area contributed by atoms with Crippen molar-refractivity contribution < 1.29 is 21.4 Å². The minimum atomic E-state index is -4.79. The Labute approximate surface area is 145 Å². The standard InChI is InChI=1S/C17H15NO5S2/c1-11-6-8-15(14(18)10-11)24(19,20)16-9-7-12-4-2-3-5-13(12)17(16)25(21,22)23/h2-10H,18H2,1H3,(H,21,22,23). The van der Waals surface area contributed by atoms with E-state index in [9.17, 15) is 21.4 Å². The van der Waals surface area contributed by atoms with Crippen LogP contribution in [0.5, 0.6) is 0 Å². The van der Waals surface area contributed by atoms with E-state index in [2.05, 4.69) is 0 Å². The van der Waals surface area contributed by atoms with Gasteiger partial charge in [0.2, 0.25) is 9.84 Å². The van der Waals surface area contributed by atoms with Crippen molar-refractivity contribution in [2.24, 2.45) is 0 Å². The van der Waals surface area contributed by atoms with Crippen LogP contribution in [-0.4, -0.2) is 21.4 Å². The van der Waals surface area contributed by atoms with Gasteiger partial charge in [0, 0.05) is 5.39 Å². The molecule has 0 fully saturated rings. The second-order valence-electron chi connectivity index (χ2n) is 5.63. The molecule has 0 aromatic heterocycles. The fourth-order valence-electron chi connectivity index (χ4n) is 2.73.